The average molecular weight is 263 g/mol. The van der Waals surface area contributed by atoms with Gasteiger partial charge in [0, 0.05) is 29.4 Å². The summed E-state index contributed by atoms with van der Waals surface area (Å²) < 4.78 is 1.16. The number of pyridine rings is 1. The molecule has 1 aliphatic heterocycles. The third kappa shape index (κ3) is 1.65. The van der Waals surface area contributed by atoms with E-state index in [-0.39, 0.29) is 0 Å². The summed E-state index contributed by atoms with van der Waals surface area (Å²) in [6.07, 6.45) is 2.20. The second-order valence-electron chi connectivity index (χ2n) is 4.60. The van der Waals surface area contributed by atoms with Crippen molar-refractivity contribution in [2.75, 3.05) is 18.0 Å². The van der Waals surface area contributed by atoms with E-state index < -0.39 is 11.5 Å². The molecule has 2 aromatic heterocycles. The van der Waals surface area contributed by atoms with Gasteiger partial charge in [0.2, 0.25) is 0 Å². The molecular weight excluding hydrogens is 250 g/mol. The highest BCUT2D eigenvalue weighted by atomic mass is 32.1. The van der Waals surface area contributed by atoms with Gasteiger partial charge in [0.1, 0.15) is 11.4 Å². The second kappa shape index (κ2) is 3.93. The van der Waals surface area contributed by atoms with E-state index in [0.717, 1.165) is 15.9 Å². The van der Waals surface area contributed by atoms with E-state index in [0.29, 0.717) is 19.5 Å². The third-order valence-electron chi connectivity index (χ3n) is 3.39. The number of carboxylic acid groups (broad SMARTS) is 1. The molecule has 3 rings (SSSR count). The first-order valence-corrected chi connectivity index (χ1v) is 6.57. The van der Waals surface area contributed by atoms with E-state index >= 15 is 0 Å². The number of hydrogen-bond donors (Lipinski definition) is 2. The smallest absolute Gasteiger partial charge is 0.325 e. The summed E-state index contributed by atoms with van der Waals surface area (Å²) in [5, 5.41) is 12.2. The van der Waals surface area contributed by atoms with Crippen molar-refractivity contribution >= 4 is 33.2 Å². The number of aliphatic carboxylic acids is 1. The van der Waals surface area contributed by atoms with Gasteiger partial charge in [-0.05, 0) is 23.9 Å². The molecule has 18 heavy (non-hydrogen) atoms. The number of nitrogens with zero attached hydrogens (tertiary/aromatic N) is 2. The van der Waals surface area contributed by atoms with Crippen LogP contribution in [-0.4, -0.2) is 34.7 Å². The maximum absolute atomic E-state index is 11.1. The number of rotatable bonds is 2. The van der Waals surface area contributed by atoms with Crippen molar-refractivity contribution in [2.45, 2.75) is 12.0 Å². The Kier molecular flexibility index (Phi) is 2.49. The molecule has 0 saturated carbocycles. The number of thiophene rings is 1. The summed E-state index contributed by atoms with van der Waals surface area (Å²) in [5.74, 6) is -0.107. The molecule has 1 aliphatic rings. The number of nitrogens with two attached hydrogens (primary N) is 1. The Bertz CT molecular complexity index is 612. The molecular formula is C12H13N3O2S. The zero-order valence-electron chi connectivity index (χ0n) is 9.67. The Morgan fingerprint density at radius 2 is 2.39 bits per heavy atom. The van der Waals surface area contributed by atoms with E-state index in [1.54, 1.807) is 17.5 Å². The van der Waals surface area contributed by atoms with Gasteiger partial charge in [-0.15, -0.1) is 11.3 Å². The Labute approximate surface area is 108 Å². The Morgan fingerprint density at radius 1 is 1.56 bits per heavy atom. The third-order valence-corrected chi connectivity index (χ3v) is 4.27. The van der Waals surface area contributed by atoms with Crippen LogP contribution in [0.5, 0.6) is 0 Å². The number of fused-ring (bicyclic) bond motifs is 1. The highest BCUT2D eigenvalue weighted by Gasteiger charge is 2.42. The predicted octanol–water partition coefficient (Wildman–Crippen LogP) is 1.29. The molecule has 3 N–H and O–H groups in total. The zero-order valence-corrected chi connectivity index (χ0v) is 10.5. The number of aromatic nitrogens is 1. The molecule has 0 radical (unpaired) electrons. The van der Waals surface area contributed by atoms with Crippen LogP contribution in [0, 0.1) is 0 Å². The largest absolute Gasteiger partial charge is 0.480 e. The van der Waals surface area contributed by atoms with E-state index in [2.05, 4.69) is 4.98 Å². The lowest BCUT2D eigenvalue weighted by Gasteiger charge is -2.21. The highest BCUT2D eigenvalue weighted by molar-refractivity contribution is 7.17. The summed E-state index contributed by atoms with van der Waals surface area (Å²) in [7, 11) is 0. The summed E-state index contributed by atoms with van der Waals surface area (Å²) in [5.41, 5.74) is 4.73. The zero-order chi connectivity index (χ0) is 12.8. The van der Waals surface area contributed by atoms with Gasteiger partial charge < -0.3 is 15.7 Å². The van der Waals surface area contributed by atoms with E-state index in [1.165, 1.54) is 0 Å². The van der Waals surface area contributed by atoms with Crippen molar-refractivity contribution in [2.24, 2.45) is 5.73 Å². The van der Waals surface area contributed by atoms with E-state index in [1.807, 2.05) is 22.4 Å². The minimum absolute atomic E-state index is 0.310. The maximum Gasteiger partial charge on any atom is 0.325 e. The van der Waals surface area contributed by atoms with Crippen LogP contribution in [0.4, 0.5) is 5.82 Å². The first kappa shape index (κ1) is 11.4. The molecule has 1 unspecified atom stereocenters. The molecule has 5 nitrogen and oxygen atoms in total. The van der Waals surface area contributed by atoms with Crippen LogP contribution in [0.1, 0.15) is 6.42 Å². The van der Waals surface area contributed by atoms with Crippen LogP contribution in [0.3, 0.4) is 0 Å². The minimum atomic E-state index is -1.15. The van der Waals surface area contributed by atoms with Crippen LogP contribution < -0.4 is 10.6 Å². The predicted molar refractivity (Wildman–Crippen MR) is 71.0 cm³/mol. The van der Waals surface area contributed by atoms with Gasteiger partial charge in [-0.2, -0.15) is 0 Å². The van der Waals surface area contributed by atoms with Crippen LogP contribution in [-0.2, 0) is 4.79 Å². The maximum atomic E-state index is 11.1. The van der Waals surface area contributed by atoms with E-state index in [9.17, 15) is 4.79 Å². The topological polar surface area (TPSA) is 79.5 Å². The fourth-order valence-corrected chi connectivity index (χ4v) is 3.10. The molecule has 0 spiro atoms. The normalized spacial score (nSPS) is 23.7. The van der Waals surface area contributed by atoms with Gasteiger partial charge >= 0.3 is 5.97 Å². The number of carboxylic acids is 1. The molecule has 94 valence electrons. The molecule has 0 amide bonds. The molecule has 6 heteroatoms. The van der Waals surface area contributed by atoms with Crippen LogP contribution in [0.2, 0.25) is 0 Å². The summed E-state index contributed by atoms with van der Waals surface area (Å²) >= 11 is 1.65. The van der Waals surface area contributed by atoms with Gasteiger partial charge in [0.05, 0.1) is 0 Å². The number of carbonyl (C=O) groups is 1. The number of hydrogen-bond acceptors (Lipinski definition) is 5. The molecule has 0 bridgehead atoms. The van der Waals surface area contributed by atoms with Crippen LogP contribution >= 0.6 is 11.3 Å². The van der Waals surface area contributed by atoms with Crippen molar-refractivity contribution in [3.63, 3.8) is 0 Å². The molecule has 0 aliphatic carbocycles. The minimum Gasteiger partial charge on any atom is -0.480 e. The monoisotopic (exact) mass is 263 g/mol. The Morgan fingerprint density at radius 3 is 3.11 bits per heavy atom. The van der Waals surface area contributed by atoms with Gasteiger partial charge in [-0.1, -0.05) is 0 Å². The quantitative estimate of drug-likeness (QED) is 0.853. The highest BCUT2D eigenvalue weighted by Crippen LogP contribution is 2.32. The van der Waals surface area contributed by atoms with Gasteiger partial charge in [0.25, 0.3) is 0 Å². The Hall–Kier alpha value is -1.66. The summed E-state index contributed by atoms with van der Waals surface area (Å²) in [6.45, 7) is 0.940. The first-order valence-electron chi connectivity index (χ1n) is 5.70. The van der Waals surface area contributed by atoms with Crippen molar-refractivity contribution in [3.05, 3.63) is 23.7 Å². The molecule has 1 fully saturated rings. The molecule has 1 atom stereocenters. The second-order valence-corrected chi connectivity index (χ2v) is 5.55. The van der Waals surface area contributed by atoms with Gasteiger partial charge in [-0.3, -0.25) is 4.79 Å². The fraction of sp³-hybridized carbons (Fsp3) is 0.333. The van der Waals surface area contributed by atoms with E-state index in [4.69, 9.17) is 10.8 Å². The van der Waals surface area contributed by atoms with Crippen molar-refractivity contribution in [1.29, 1.82) is 0 Å². The van der Waals surface area contributed by atoms with Crippen LogP contribution in [0.15, 0.2) is 23.7 Å². The van der Waals surface area contributed by atoms with Gasteiger partial charge in [-0.25, -0.2) is 4.98 Å². The first-order chi connectivity index (χ1) is 8.60. The fourth-order valence-electron chi connectivity index (χ4n) is 2.32. The molecule has 2 aromatic rings. The van der Waals surface area contributed by atoms with Crippen molar-refractivity contribution in [3.8, 4) is 0 Å². The Balaban J connectivity index is 1.98. The van der Waals surface area contributed by atoms with Crippen molar-refractivity contribution in [1.82, 2.24) is 4.98 Å². The molecule has 1 saturated heterocycles. The lowest BCUT2D eigenvalue weighted by Crippen LogP contribution is -2.50. The van der Waals surface area contributed by atoms with Gasteiger partial charge in [0.15, 0.2) is 0 Å². The molecule has 3 heterocycles. The lowest BCUT2D eigenvalue weighted by molar-refractivity contribution is -0.142. The summed E-state index contributed by atoms with van der Waals surface area (Å²) in [4.78, 5) is 17.5. The van der Waals surface area contributed by atoms with Crippen LogP contribution in [0.25, 0.3) is 10.1 Å². The van der Waals surface area contributed by atoms with Crippen molar-refractivity contribution < 1.29 is 9.90 Å². The number of anilines is 1. The standard InChI is InChI=1S/C12H13N3O2S/c13-12(11(16)17)3-5-15(7-12)10-8-2-6-18-9(8)1-4-14-10/h1-2,4,6H,3,5,7,13H2,(H,16,17). The molecule has 0 aromatic carbocycles. The summed E-state index contributed by atoms with van der Waals surface area (Å²) in [6, 6.07) is 3.98. The SMILES string of the molecule is NC1(C(=O)O)CCN(c2nccc3sccc23)C1. The lowest BCUT2D eigenvalue weighted by atomic mass is 10.0. The average Bonchev–Trinajstić information content (AvgIpc) is 2.95.